The first kappa shape index (κ1) is 26.5. The largest absolute Gasteiger partial charge is 0.456 e. The standard InChI is InChI=1S/C44H27O2P/c45-47(32-19-17-28-9-1-3-11-30(28)23-32,33-20-18-29-10-2-4-12-31(29)24-33)34-21-22-37-39(25-34)35-13-5-6-14-36(35)40-26-42-38-15-7-8-16-43(38)46-44(42)27-41(37)40/h1-27H. The SMILES string of the molecule is O=P(c1ccc2ccccc2c1)(c1ccc2ccccc2c1)c1ccc2c(c1)c1ccccc1c1cc3c(cc21)oc1ccccc13. The van der Waals surface area contributed by atoms with Gasteiger partial charge in [0.05, 0.1) is 0 Å². The van der Waals surface area contributed by atoms with Crippen LogP contribution in [0.25, 0.3) is 75.8 Å². The van der Waals surface area contributed by atoms with E-state index in [1.54, 1.807) is 0 Å². The second kappa shape index (κ2) is 9.90. The molecule has 9 aromatic carbocycles. The monoisotopic (exact) mass is 618 g/mol. The van der Waals surface area contributed by atoms with E-state index < -0.39 is 7.14 Å². The minimum absolute atomic E-state index is 0.824. The maximum atomic E-state index is 16.0. The number of rotatable bonds is 3. The zero-order valence-corrected chi connectivity index (χ0v) is 26.2. The lowest BCUT2D eigenvalue weighted by molar-refractivity contribution is 0.592. The van der Waals surface area contributed by atoms with Gasteiger partial charge >= 0.3 is 0 Å². The van der Waals surface area contributed by atoms with Crippen molar-refractivity contribution in [3.63, 3.8) is 0 Å². The summed E-state index contributed by atoms with van der Waals surface area (Å²) < 4.78 is 22.3. The third kappa shape index (κ3) is 3.89. The molecule has 10 rings (SSSR count). The van der Waals surface area contributed by atoms with Gasteiger partial charge in [-0.15, -0.1) is 0 Å². The molecular weight excluding hydrogens is 591 g/mol. The van der Waals surface area contributed by atoms with Crippen molar-refractivity contribution in [1.82, 2.24) is 0 Å². The molecule has 10 aromatic rings. The summed E-state index contributed by atoms with van der Waals surface area (Å²) >= 11 is 0. The van der Waals surface area contributed by atoms with Gasteiger partial charge in [0.25, 0.3) is 0 Å². The van der Waals surface area contributed by atoms with Crippen molar-refractivity contribution in [3.05, 3.63) is 164 Å². The van der Waals surface area contributed by atoms with E-state index in [1.807, 2.05) is 36.4 Å². The molecule has 220 valence electrons. The second-order valence-corrected chi connectivity index (χ2v) is 15.2. The van der Waals surface area contributed by atoms with Gasteiger partial charge in [-0.1, -0.05) is 127 Å². The van der Waals surface area contributed by atoms with E-state index in [2.05, 4.69) is 127 Å². The molecule has 0 saturated heterocycles. The molecule has 2 nitrogen and oxygen atoms in total. The average Bonchev–Trinajstić information content (AvgIpc) is 3.51. The number of hydrogen-bond donors (Lipinski definition) is 0. The number of para-hydroxylation sites is 1. The molecule has 0 fully saturated rings. The van der Waals surface area contributed by atoms with Crippen LogP contribution < -0.4 is 15.9 Å². The third-order valence-electron chi connectivity index (χ3n) is 9.87. The molecule has 0 aliphatic heterocycles. The zero-order valence-electron chi connectivity index (χ0n) is 25.4. The Morgan fingerprint density at radius 1 is 0.319 bits per heavy atom. The lowest BCUT2D eigenvalue weighted by atomic mass is 9.93. The highest BCUT2D eigenvalue weighted by atomic mass is 31.2. The predicted molar refractivity (Wildman–Crippen MR) is 201 cm³/mol. The molecule has 0 amide bonds. The van der Waals surface area contributed by atoms with E-state index >= 15 is 4.57 Å². The van der Waals surface area contributed by atoms with Crippen LogP contribution in [0, 0.1) is 0 Å². The normalized spacial score (nSPS) is 12.3. The van der Waals surface area contributed by atoms with Gasteiger partial charge in [0.15, 0.2) is 7.14 Å². The molecule has 0 aliphatic rings. The van der Waals surface area contributed by atoms with Crippen LogP contribution in [0.4, 0.5) is 0 Å². The van der Waals surface area contributed by atoms with Crippen LogP contribution in [0.1, 0.15) is 0 Å². The van der Waals surface area contributed by atoms with Crippen LogP contribution in [-0.4, -0.2) is 0 Å². The van der Waals surface area contributed by atoms with Crippen molar-refractivity contribution in [2.24, 2.45) is 0 Å². The van der Waals surface area contributed by atoms with Crippen molar-refractivity contribution in [1.29, 1.82) is 0 Å². The molecule has 1 heterocycles. The van der Waals surface area contributed by atoms with Gasteiger partial charge in [0, 0.05) is 26.7 Å². The smallest absolute Gasteiger partial charge is 0.171 e. The lowest BCUT2D eigenvalue weighted by Gasteiger charge is -2.22. The fourth-order valence-corrected chi connectivity index (χ4v) is 10.2. The highest BCUT2D eigenvalue weighted by molar-refractivity contribution is 7.85. The van der Waals surface area contributed by atoms with Gasteiger partial charge in [-0.05, 0) is 90.3 Å². The van der Waals surface area contributed by atoms with E-state index in [-0.39, 0.29) is 0 Å². The summed E-state index contributed by atoms with van der Waals surface area (Å²) in [5.74, 6) is 0. The Labute approximate surface area is 270 Å². The second-order valence-electron chi connectivity index (χ2n) is 12.4. The Morgan fingerprint density at radius 3 is 1.45 bits per heavy atom. The fraction of sp³-hybridized carbons (Fsp3) is 0. The molecule has 0 radical (unpaired) electrons. The van der Waals surface area contributed by atoms with Crippen LogP contribution in [0.5, 0.6) is 0 Å². The summed E-state index contributed by atoms with van der Waals surface area (Å²) in [4.78, 5) is 0. The van der Waals surface area contributed by atoms with Gasteiger partial charge < -0.3 is 8.98 Å². The molecule has 3 heteroatoms. The van der Waals surface area contributed by atoms with Crippen molar-refractivity contribution in [2.45, 2.75) is 0 Å². The zero-order chi connectivity index (χ0) is 31.1. The fourth-order valence-electron chi connectivity index (χ4n) is 7.55. The maximum Gasteiger partial charge on any atom is 0.171 e. The Morgan fingerprint density at radius 2 is 0.787 bits per heavy atom. The lowest BCUT2D eigenvalue weighted by Crippen LogP contribution is -2.25. The first-order chi connectivity index (χ1) is 23.1. The summed E-state index contributed by atoms with van der Waals surface area (Å²) in [6, 6.07) is 56.8. The van der Waals surface area contributed by atoms with Crippen LogP contribution in [0.2, 0.25) is 0 Å². The number of fused-ring (bicyclic) bond motifs is 11. The highest BCUT2D eigenvalue weighted by Gasteiger charge is 2.31. The highest BCUT2D eigenvalue weighted by Crippen LogP contribution is 2.46. The van der Waals surface area contributed by atoms with Gasteiger partial charge in [-0.3, -0.25) is 0 Å². The van der Waals surface area contributed by atoms with Gasteiger partial charge in [0.2, 0.25) is 0 Å². The van der Waals surface area contributed by atoms with Crippen LogP contribution in [-0.2, 0) is 4.57 Å². The molecule has 0 atom stereocenters. The molecule has 0 unspecified atom stereocenters. The van der Waals surface area contributed by atoms with Crippen LogP contribution in [0.15, 0.2) is 168 Å². The third-order valence-corrected chi connectivity index (χ3v) is 12.9. The van der Waals surface area contributed by atoms with Crippen molar-refractivity contribution in [3.8, 4) is 0 Å². The quantitative estimate of drug-likeness (QED) is 0.146. The van der Waals surface area contributed by atoms with Gasteiger partial charge in [0.1, 0.15) is 11.2 Å². The Kier molecular flexibility index (Phi) is 5.59. The first-order valence-electron chi connectivity index (χ1n) is 15.9. The van der Waals surface area contributed by atoms with E-state index in [4.69, 9.17) is 4.42 Å². The molecular formula is C44H27O2P. The molecule has 1 aromatic heterocycles. The molecule has 47 heavy (non-hydrogen) atoms. The Balaban J connectivity index is 1.29. The topological polar surface area (TPSA) is 30.2 Å². The molecule has 0 N–H and O–H groups in total. The van der Waals surface area contributed by atoms with Crippen molar-refractivity contribution >= 4 is 98.9 Å². The van der Waals surface area contributed by atoms with Crippen LogP contribution >= 0.6 is 7.14 Å². The van der Waals surface area contributed by atoms with Crippen molar-refractivity contribution < 1.29 is 8.98 Å². The van der Waals surface area contributed by atoms with E-state index in [0.29, 0.717) is 0 Å². The summed E-state index contributed by atoms with van der Waals surface area (Å²) in [5, 5.41) is 16.0. The Bertz CT molecular complexity index is 2870. The van der Waals surface area contributed by atoms with E-state index in [0.717, 1.165) is 80.9 Å². The maximum absolute atomic E-state index is 16.0. The molecule has 0 saturated carbocycles. The summed E-state index contributed by atoms with van der Waals surface area (Å²) in [5.41, 5.74) is 1.76. The van der Waals surface area contributed by atoms with Gasteiger partial charge in [-0.2, -0.15) is 0 Å². The van der Waals surface area contributed by atoms with E-state index in [9.17, 15) is 0 Å². The molecule has 0 aliphatic carbocycles. The summed E-state index contributed by atoms with van der Waals surface area (Å²) in [6.07, 6.45) is 0. The van der Waals surface area contributed by atoms with Gasteiger partial charge in [-0.25, -0.2) is 0 Å². The molecule has 0 bridgehead atoms. The number of furan rings is 1. The molecule has 0 spiro atoms. The number of hydrogen-bond acceptors (Lipinski definition) is 2. The first-order valence-corrected chi connectivity index (χ1v) is 17.6. The summed E-state index contributed by atoms with van der Waals surface area (Å²) in [6.45, 7) is 0. The van der Waals surface area contributed by atoms with E-state index in [1.165, 1.54) is 10.8 Å². The Hall–Kier alpha value is -5.69. The average molecular weight is 619 g/mol. The summed E-state index contributed by atoms with van der Waals surface area (Å²) in [7, 11) is -3.31. The minimum atomic E-state index is -3.31. The van der Waals surface area contributed by atoms with Crippen molar-refractivity contribution in [2.75, 3.05) is 0 Å². The predicted octanol–water partition coefficient (Wildman–Crippen LogP) is 11.0. The minimum Gasteiger partial charge on any atom is -0.456 e. The number of benzene rings is 9. The van der Waals surface area contributed by atoms with Crippen LogP contribution in [0.3, 0.4) is 0 Å².